The van der Waals surface area contributed by atoms with Crippen LogP contribution in [-0.4, -0.2) is 24.8 Å². The van der Waals surface area contributed by atoms with E-state index in [1.54, 1.807) is 47.0 Å². The molecule has 6 nitrogen and oxygen atoms in total. The first-order chi connectivity index (χ1) is 12.1. The average molecular weight is 351 g/mol. The lowest BCUT2D eigenvalue weighted by Gasteiger charge is -2.05. The van der Waals surface area contributed by atoms with E-state index in [4.69, 9.17) is 0 Å². The molecule has 2 aromatic heterocycles. The zero-order valence-electron chi connectivity index (χ0n) is 13.0. The number of benzene rings is 2. The molecule has 7 heteroatoms. The Kier molecular flexibility index (Phi) is 3.70. The highest BCUT2D eigenvalue weighted by molar-refractivity contribution is 7.15. The number of phenols is 2. The molecular weight excluding hydrogens is 338 g/mol. The molecule has 124 valence electrons. The number of aromatic hydroxyl groups is 2. The monoisotopic (exact) mass is 351 g/mol. The van der Waals surface area contributed by atoms with E-state index in [0.29, 0.717) is 28.3 Å². The van der Waals surface area contributed by atoms with E-state index in [2.05, 4.69) is 10.1 Å². The number of hydrogen-bond donors (Lipinski definition) is 2. The minimum atomic E-state index is -0.376. The van der Waals surface area contributed by atoms with Crippen LogP contribution in [0.3, 0.4) is 0 Å². The molecule has 0 radical (unpaired) electrons. The van der Waals surface area contributed by atoms with Crippen LogP contribution in [0.15, 0.2) is 58.7 Å². The largest absolute Gasteiger partial charge is 0.508 e. The second-order valence-electron chi connectivity index (χ2n) is 5.54. The van der Waals surface area contributed by atoms with E-state index in [9.17, 15) is 15.0 Å². The van der Waals surface area contributed by atoms with Gasteiger partial charge in [-0.1, -0.05) is 24.3 Å². The zero-order chi connectivity index (χ0) is 17.4. The first-order valence-corrected chi connectivity index (χ1v) is 8.43. The summed E-state index contributed by atoms with van der Waals surface area (Å²) >= 11 is 1.29. The number of thiazole rings is 1. The first kappa shape index (κ1) is 15.3. The summed E-state index contributed by atoms with van der Waals surface area (Å²) in [6.45, 7) is 0. The molecule has 0 aliphatic heterocycles. The Hall–Kier alpha value is -3.19. The molecule has 0 aliphatic rings. The fourth-order valence-corrected chi connectivity index (χ4v) is 3.40. The van der Waals surface area contributed by atoms with Crippen LogP contribution in [0.2, 0.25) is 0 Å². The number of fused-ring (bicyclic) bond motifs is 1. The highest BCUT2D eigenvalue weighted by atomic mass is 32.1. The molecule has 25 heavy (non-hydrogen) atoms. The molecule has 0 aliphatic carbocycles. The maximum atomic E-state index is 12.2. The quantitative estimate of drug-likeness (QED) is 0.593. The Morgan fingerprint density at radius 3 is 2.56 bits per heavy atom. The van der Waals surface area contributed by atoms with Crippen molar-refractivity contribution in [3.8, 4) is 22.8 Å². The third kappa shape index (κ3) is 2.85. The smallest absolute Gasteiger partial charge is 0.296 e. The van der Waals surface area contributed by atoms with Crippen LogP contribution >= 0.6 is 11.3 Å². The van der Waals surface area contributed by atoms with E-state index < -0.39 is 0 Å². The molecule has 0 saturated heterocycles. The van der Waals surface area contributed by atoms with Crippen molar-refractivity contribution in [1.29, 1.82) is 0 Å². The number of phenolic OH excluding ortho intramolecular Hbond substituents is 2. The van der Waals surface area contributed by atoms with Crippen molar-refractivity contribution in [2.75, 3.05) is 0 Å². The Morgan fingerprint density at radius 2 is 1.80 bits per heavy atom. The summed E-state index contributed by atoms with van der Waals surface area (Å²) in [5, 5.41) is 25.7. The van der Waals surface area contributed by atoms with E-state index in [1.807, 2.05) is 11.4 Å². The standard InChI is InChI=1S/C18H13N3O3S/c22-12-7-5-11(6-8-12)9-14-17(24)19-18-21(20-14)15(10-25-18)13-3-1-2-4-16(13)23/h1-8,10,22-23H,9H2. The van der Waals surface area contributed by atoms with Crippen LogP contribution < -0.4 is 5.56 Å². The van der Waals surface area contributed by atoms with Crippen LogP contribution in [0.25, 0.3) is 16.2 Å². The average Bonchev–Trinajstić information content (AvgIpc) is 3.00. The summed E-state index contributed by atoms with van der Waals surface area (Å²) in [7, 11) is 0. The molecule has 0 saturated carbocycles. The highest BCUT2D eigenvalue weighted by Gasteiger charge is 2.14. The van der Waals surface area contributed by atoms with Crippen LogP contribution in [0.4, 0.5) is 0 Å². The summed E-state index contributed by atoms with van der Waals surface area (Å²) in [6.07, 6.45) is 0.311. The van der Waals surface area contributed by atoms with E-state index >= 15 is 0 Å². The molecule has 0 fully saturated rings. The molecule has 0 amide bonds. The van der Waals surface area contributed by atoms with Gasteiger partial charge in [-0.3, -0.25) is 4.79 Å². The molecule has 4 rings (SSSR count). The van der Waals surface area contributed by atoms with Gasteiger partial charge in [0.15, 0.2) is 0 Å². The maximum Gasteiger partial charge on any atom is 0.296 e. The van der Waals surface area contributed by atoms with Crippen molar-refractivity contribution in [2.24, 2.45) is 0 Å². The molecule has 0 unspecified atom stereocenters. The van der Waals surface area contributed by atoms with Crippen LogP contribution in [0.5, 0.6) is 11.5 Å². The van der Waals surface area contributed by atoms with Gasteiger partial charge in [-0.15, -0.1) is 11.3 Å². The third-order valence-corrected chi connectivity index (χ3v) is 4.65. The Labute approximate surface area is 146 Å². The molecule has 0 bridgehead atoms. The predicted molar refractivity (Wildman–Crippen MR) is 95.1 cm³/mol. The lowest BCUT2D eigenvalue weighted by molar-refractivity contribution is 0.475. The summed E-state index contributed by atoms with van der Waals surface area (Å²) < 4.78 is 1.58. The minimum absolute atomic E-state index is 0.141. The molecule has 2 heterocycles. The molecule has 4 aromatic rings. The first-order valence-electron chi connectivity index (χ1n) is 7.55. The van der Waals surface area contributed by atoms with Crippen molar-refractivity contribution in [3.05, 3.63) is 75.5 Å². The van der Waals surface area contributed by atoms with E-state index in [-0.39, 0.29) is 17.1 Å². The van der Waals surface area contributed by atoms with Gasteiger partial charge in [0.1, 0.15) is 17.2 Å². The second kappa shape index (κ2) is 6.03. The number of aromatic nitrogens is 3. The molecule has 0 atom stereocenters. The van der Waals surface area contributed by atoms with Crippen LogP contribution in [0.1, 0.15) is 11.3 Å². The summed E-state index contributed by atoms with van der Waals surface area (Å²) in [5.41, 5.74) is 2.08. The SMILES string of the molecule is O=c1nc2scc(-c3ccccc3O)n2nc1Cc1ccc(O)cc1. The van der Waals surface area contributed by atoms with Gasteiger partial charge < -0.3 is 10.2 Å². The van der Waals surface area contributed by atoms with Crippen molar-refractivity contribution < 1.29 is 10.2 Å². The van der Waals surface area contributed by atoms with Crippen molar-refractivity contribution in [1.82, 2.24) is 14.6 Å². The van der Waals surface area contributed by atoms with E-state index in [1.165, 1.54) is 11.3 Å². The van der Waals surface area contributed by atoms with Gasteiger partial charge in [-0.2, -0.15) is 10.1 Å². The van der Waals surface area contributed by atoms with Gasteiger partial charge in [0.25, 0.3) is 5.56 Å². The van der Waals surface area contributed by atoms with Crippen LogP contribution in [0, 0.1) is 0 Å². The van der Waals surface area contributed by atoms with Crippen molar-refractivity contribution >= 4 is 16.3 Å². The minimum Gasteiger partial charge on any atom is -0.508 e. The summed E-state index contributed by atoms with van der Waals surface area (Å²) in [4.78, 5) is 16.8. The number of nitrogens with zero attached hydrogens (tertiary/aromatic N) is 3. The van der Waals surface area contributed by atoms with Gasteiger partial charge in [-0.05, 0) is 29.8 Å². The van der Waals surface area contributed by atoms with Crippen molar-refractivity contribution in [3.63, 3.8) is 0 Å². The van der Waals surface area contributed by atoms with Crippen molar-refractivity contribution in [2.45, 2.75) is 6.42 Å². The molecule has 0 spiro atoms. The Balaban J connectivity index is 1.82. The Morgan fingerprint density at radius 1 is 1.04 bits per heavy atom. The number of rotatable bonds is 3. The fraction of sp³-hybridized carbons (Fsp3) is 0.0556. The maximum absolute atomic E-state index is 12.2. The third-order valence-electron chi connectivity index (χ3n) is 3.84. The number of para-hydroxylation sites is 1. The normalized spacial score (nSPS) is 11.0. The number of hydrogen-bond acceptors (Lipinski definition) is 6. The molecule has 2 aromatic carbocycles. The fourth-order valence-electron chi connectivity index (χ4n) is 2.58. The van der Waals surface area contributed by atoms with Crippen LogP contribution in [-0.2, 0) is 6.42 Å². The van der Waals surface area contributed by atoms with E-state index in [0.717, 1.165) is 5.56 Å². The summed E-state index contributed by atoms with van der Waals surface area (Å²) in [5.74, 6) is 0.310. The van der Waals surface area contributed by atoms with Gasteiger partial charge in [-0.25, -0.2) is 4.52 Å². The Bertz CT molecular complexity index is 1120. The summed E-state index contributed by atoms with van der Waals surface area (Å²) in [6, 6.07) is 13.6. The lowest BCUT2D eigenvalue weighted by atomic mass is 10.1. The second-order valence-corrected chi connectivity index (χ2v) is 6.38. The van der Waals surface area contributed by atoms with Gasteiger partial charge in [0.05, 0.1) is 5.69 Å². The predicted octanol–water partition coefficient (Wildman–Crippen LogP) is 2.82. The topological polar surface area (TPSA) is 87.7 Å². The van der Waals surface area contributed by atoms with Gasteiger partial charge in [0, 0.05) is 17.4 Å². The lowest BCUT2D eigenvalue weighted by Crippen LogP contribution is -2.18. The highest BCUT2D eigenvalue weighted by Crippen LogP contribution is 2.30. The molecular formula is C18H13N3O3S. The molecule has 2 N–H and O–H groups in total. The van der Waals surface area contributed by atoms with Gasteiger partial charge in [0.2, 0.25) is 4.96 Å². The van der Waals surface area contributed by atoms with Gasteiger partial charge >= 0.3 is 0 Å². The zero-order valence-corrected chi connectivity index (χ0v) is 13.8.